The van der Waals surface area contributed by atoms with Gasteiger partial charge in [-0.05, 0) is 19.9 Å². The maximum atomic E-state index is 8.53. The van der Waals surface area contributed by atoms with Crippen molar-refractivity contribution in [2.45, 2.75) is 20.3 Å². The smallest absolute Gasteiger partial charge is 0.316 e. The number of aliphatic hydroxyl groups excluding tert-OH is 1. The van der Waals surface area contributed by atoms with E-state index in [2.05, 4.69) is 9.97 Å². The average Bonchev–Trinajstić information content (AvgIpc) is 2.03. The first-order valence-corrected chi connectivity index (χ1v) is 4.28. The van der Waals surface area contributed by atoms with Crippen molar-refractivity contribution in [2.75, 3.05) is 13.2 Å². The molecule has 4 nitrogen and oxygen atoms in total. The first-order valence-electron chi connectivity index (χ1n) is 4.28. The van der Waals surface area contributed by atoms with E-state index in [4.69, 9.17) is 9.84 Å². The summed E-state index contributed by atoms with van der Waals surface area (Å²) in [4.78, 5) is 8.18. The van der Waals surface area contributed by atoms with Crippen molar-refractivity contribution in [3.05, 3.63) is 17.5 Å². The van der Waals surface area contributed by atoms with Gasteiger partial charge < -0.3 is 9.84 Å². The van der Waals surface area contributed by atoms with Crippen LogP contribution >= 0.6 is 0 Å². The molecule has 1 aromatic heterocycles. The minimum Gasteiger partial charge on any atom is -0.463 e. The van der Waals surface area contributed by atoms with Gasteiger partial charge in [0, 0.05) is 24.4 Å². The molecule has 0 radical (unpaired) electrons. The SMILES string of the molecule is Cc1cc(C)nc(OCCCO)n1. The molecular weight excluding hydrogens is 168 g/mol. The molecule has 0 aliphatic heterocycles. The van der Waals surface area contributed by atoms with Gasteiger partial charge in [-0.3, -0.25) is 0 Å². The number of nitrogens with zero attached hydrogens (tertiary/aromatic N) is 2. The van der Waals surface area contributed by atoms with Gasteiger partial charge in [0.1, 0.15) is 0 Å². The third kappa shape index (κ3) is 3.38. The van der Waals surface area contributed by atoms with E-state index in [1.807, 2.05) is 19.9 Å². The van der Waals surface area contributed by atoms with Gasteiger partial charge in [-0.2, -0.15) is 0 Å². The second-order valence-electron chi connectivity index (χ2n) is 2.86. The largest absolute Gasteiger partial charge is 0.463 e. The van der Waals surface area contributed by atoms with Crippen molar-refractivity contribution in [1.82, 2.24) is 9.97 Å². The fraction of sp³-hybridized carbons (Fsp3) is 0.556. The second kappa shape index (κ2) is 4.77. The van der Waals surface area contributed by atoms with Crippen LogP contribution in [0.3, 0.4) is 0 Å². The Morgan fingerprint density at radius 3 is 2.46 bits per heavy atom. The van der Waals surface area contributed by atoms with Crippen LogP contribution in [0, 0.1) is 13.8 Å². The lowest BCUT2D eigenvalue weighted by atomic mass is 10.4. The molecule has 0 bridgehead atoms. The highest BCUT2D eigenvalue weighted by molar-refractivity contribution is 5.10. The van der Waals surface area contributed by atoms with Crippen LogP contribution in [0.25, 0.3) is 0 Å². The fourth-order valence-electron chi connectivity index (χ4n) is 0.986. The van der Waals surface area contributed by atoms with E-state index in [-0.39, 0.29) is 6.61 Å². The van der Waals surface area contributed by atoms with Gasteiger partial charge in [0.25, 0.3) is 0 Å². The van der Waals surface area contributed by atoms with E-state index in [0.717, 1.165) is 11.4 Å². The summed E-state index contributed by atoms with van der Waals surface area (Å²) in [5.41, 5.74) is 1.79. The van der Waals surface area contributed by atoms with Crippen molar-refractivity contribution in [2.24, 2.45) is 0 Å². The standard InChI is InChI=1S/C9H14N2O2/c1-7-6-8(2)11-9(10-7)13-5-3-4-12/h6,12H,3-5H2,1-2H3. The quantitative estimate of drug-likeness (QED) is 0.701. The Morgan fingerprint density at radius 2 is 1.92 bits per heavy atom. The van der Waals surface area contributed by atoms with Crippen molar-refractivity contribution < 1.29 is 9.84 Å². The number of hydrogen-bond donors (Lipinski definition) is 1. The van der Waals surface area contributed by atoms with Crippen LogP contribution < -0.4 is 4.74 Å². The molecule has 4 heteroatoms. The van der Waals surface area contributed by atoms with Crippen LogP contribution in [-0.2, 0) is 0 Å². The van der Waals surface area contributed by atoms with Gasteiger partial charge >= 0.3 is 6.01 Å². The molecular formula is C9H14N2O2. The van der Waals surface area contributed by atoms with Crippen molar-refractivity contribution in [3.63, 3.8) is 0 Å². The number of aryl methyl sites for hydroxylation is 2. The number of rotatable bonds is 4. The van der Waals surface area contributed by atoms with Gasteiger partial charge in [-0.15, -0.1) is 0 Å². The molecule has 1 aromatic rings. The normalized spacial score (nSPS) is 10.1. The highest BCUT2D eigenvalue weighted by Gasteiger charge is 1.99. The highest BCUT2D eigenvalue weighted by atomic mass is 16.5. The monoisotopic (exact) mass is 182 g/mol. The Hall–Kier alpha value is -1.16. The molecule has 0 spiro atoms. The van der Waals surface area contributed by atoms with Gasteiger partial charge in [0.15, 0.2) is 0 Å². The first-order chi connectivity index (χ1) is 6.22. The van der Waals surface area contributed by atoms with Crippen LogP contribution in [-0.4, -0.2) is 28.3 Å². The van der Waals surface area contributed by atoms with Crippen LogP contribution in [0.4, 0.5) is 0 Å². The van der Waals surface area contributed by atoms with Gasteiger partial charge in [-0.1, -0.05) is 0 Å². The summed E-state index contributed by atoms with van der Waals surface area (Å²) in [5.74, 6) is 0. The predicted molar refractivity (Wildman–Crippen MR) is 48.7 cm³/mol. The molecule has 0 fully saturated rings. The Bertz CT molecular complexity index is 256. The summed E-state index contributed by atoms with van der Waals surface area (Å²) in [6.07, 6.45) is 0.607. The van der Waals surface area contributed by atoms with Gasteiger partial charge in [0.2, 0.25) is 0 Å². The highest BCUT2D eigenvalue weighted by Crippen LogP contribution is 2.05. The van der Waals surface area contributed by atoms with Crippen LogP contribution in [0.5, 0.6) is 6.01 Å². The Morgan fingerprint density at radius 1 is 1.31 bits per heavy atom. The summed E-state index contributed by atoms with van der Waals surface area (Å²) in [6, 6.07) is 2.28. The third-order valence-electron chi connectivity index (χ3n) is 1.50. The van der Waals surface area contributed by atoms with Gasteiger partial charge in [0.05, 0.1) is 6.61 Å². The van der Waals surface area contributed by atoms with Crippen molar-refractivity contribution >= 4 is 0 Å². The van der Waals surface area contributed by atoms with E-state index in [0.29, 0.717) is 19.0 Å². The molecule has 1 rings (SSSR count). The lowest BCUT2D eigenvalue weighted by Crippen LogP contribution is -2.04. The number of ether oxygens (including phenoxy) is 1. The maximum absolute atomic E-state index is 8.53. The molecule has 72 valence electrons. The van der Waals surface area contributed by atoms with Crippen molar-refractivity contribution in [1.29, 1.82) is 0 Å². The lowest BCUT2D eigenvalue weighted by Gasteiger charge is -2.04. The average molecular weight is 182 g/mol. The minimum atomic E-state index is 0.130. The Balaban J connectivity index is 2.56. The topological polar surface area (TPSA) is 55.2 Å². The van der Waals surface area contributed by atoms with E-state index < -0.39 is 0 Å². The molecule has 0 amide bonds. The zero-order valence-electron chi connectivity index (χ0n) is 7.95. The first kappa shape index (κ1) is 9.92. The summed E-state index contributed by atoms with van der Waals surface area (Å²) >= 11 is 0. The van der Waals surface area contributed by atoms with E-state index in [9.17, 15) is 0 Å². The van der Waals surface area contributed by atoms with Crippen LogP contribution in [0.15, 0.2) is 6.07 Å². The molecule has 13 heavy (non-hydrogen) atoms. The van der Waals surface area contributed by atoms with E-state index >= 15 is 0 Å². The zero-order valence-corrected chi connectivity index (χ0v) is 7.95. The van der Waals surface area contributed by atoms with E-state index in [1.54, 1.807) is 0 Å². The molecule has 0 atom stereocenters. The van der Waals surface area contributed by atoms with Crippen LogP contribution in [0.2, 0.25) is 0 Å². The van der Waals surface area contributed by atoms with Crippen LogP contribution in [0.1, 0.15) is 17.8 Å². The number of hydrogen-bond acceptors (Lipinski definition) is 4. The molecule has 0 aliphatic carbocycles. The van der Waals surface area contributed by atoms with Gasteiger partial charge in [-0.25, -0.2) is 9.97 Å². The molecule has 0 unspecified atom stereocenters. The summed E-state index contributed by atoms with van der Waals surface area (Å²) in [5, 5.41) is 8.53. The summed E-state index contributed by atoms with van der Waals surface area (Å²) < 4.78 is 5.23. The number of aliphatic hydroxyl groups is 1. The maximum Gasteiger partial charge on any atom is 0.316 e. The minimum absolute atomic E-state index is 0.130. The van der Waals surface area contributed by atoms with E-state index in [1.165, 1.54) is 0 Å². The van der Waals surface area contributed by atoms with Crippen molar-refractivity contribution in [3.8, 4) is 6.01 Å². The molecule has 1 heterocycles. The third-order valence-corrected chi connectivity index (χ3v) is 1.50. The molecule has 0 aromatic carbocycles. The fourth-order valence-corrected chi connectivity index (χ4v) is 0.986. The summed E-state index contributed by atoms with van der Waals surface area (Å²) in [6.45, 7) is 4.38. The predicted octanol–water partition coefficient (Wildman–Crippen LogP) is 0.855. The Labute approximate surface area is 77.6 Å². The Kier molecular flexibility index (Phi) is 3.64. The zero-order chi connectivity index (χ0) is 9.68. The molecule has 0 saturated heterocycles. The second-order valence-corrected chi connectivity index (χ2v) is 2.86. The lowest BCUT2D eigenvalue weighted by molar-refractivity contribution is 0.223. The molecule has 1 N–H and O–H groups in total. The molecule has 0 saturated carbocycles. The summed E-state index contributed by atoms with van der Waals surface area (Å²) in [7, 11) is 0. The molecule has 0 aliphatic rings. The number of aromatic nitrogens is 2.